The molecular formula is C19H25IN2O2. The van der Waals surface area contributed by atoms with E-state index in [9.17, 15) is 5.26 Å². The number of ether oxygens (including phenoxy) is 2. The molecule has 2 unspecified atom stereocenters. The first kappa shape index (κ1) is 17.8. The molecule has 24 heavy (non-hydrogen) atoms. The number of rotatable bonds is 5. The third kappa shape index (κ3) is 3.11. The summed E-state index contributed by atoms with van der Waals surface area (Å²) in [5, 5.41) is 9.89. The average Bonchev–Trinajstić information content (AvgIpc) is 2.99. The highest BCUT2D eigenvalue weighted by atomic mass is 127. The van der Waals surface area contributed by atoms with Gasteiger partial charge in [0.1, 0.15) is 5.54 Å². The maximum Gasteiger partial charge on any atom is 0.161 e. The zero-order chi connectivity index (χ0) is 17.2. The van der Waals surface area contributed by atoms with E-state index in [0.29, 0.717) is 5.92 Å². The number of hydrogen-bond acceptors (Lipinski definition) is 4. The molecule has 3 rings (SSSR count). The molecule has 0 bridgehead atoms. The minimum absolute atomic E-state index is 0.208. The van der Waals surface area contributed by atoms with Crippen molar-refractivity contribution in [3.05, 3.63) is 21.3 Å². The SMILES string of the molecule is COc1cc(I)c(CCN2CCC3CCCCC32C#N)cc1OC. The van der Waals surface area contributed by atoms with Gasteiger partial charge in [-0.05, 0) is 71.9 Å². The molecule has 5 heteroatoms. The van der Waals surface area contributed by atoms with Gasteiger partial charge in [0.2, 0.25) is 0 Å². The van der Waals surface area contributed by atoms with Crippen molar-refractivity contribution in [1.29, 1.82) is 5.26 Å². The third-order valence-electron chi connectivity index (χ3n) is 5.74. The van der Waals surface area contributed by atoms with Crippen LogP contribution in [0, 0.1) is 20.8 Å². The van der Waals surface area contributed by atoms with Crippen LogP contribution in [0.5, 0.6) is 11.5 Å². The minimum Gasteiger partial charge on any atom is -0.493 e. The summed E-state index contributed by atoms with van der Waals surface area (Å²) in [6, 6.07) is 6.81. The quantitative estimate of drug-likeness (QED) is 0.650. The van der Waals surface area contributed by atoms with E-state index in [1.54, 1.807) is 14.2 Å². The van der Waals surface area contributed by atoms with Gasteiger partial charge in [-0.2, -0.15) is 5.26 Å². The van der Waals surface area contributed by atoms with Crippen molar-refractivity contribution in [2.24, 2.45) is 5.92 Å². The Morgan fingerprint density at radius 1 is 1.25 bits per heavy atom. The Labute approximate surface area is 158 Å². The Morgan fingerprint density at radius 2 is 2.00 bits per heavy atom. The van der Waals surface area contributed by atoms with Crippen molar-refractivity contribution in [3.63, 3.8) is 0 Å². The molecule has 1 aromatic carbocycles. The number of likely N-dealkylation sites (tertiary alicyclic amines) is 1. The summed E-state index contributed by atoms with van der Waals surface area (Å²) in [6.45, 7) is 2.00. The number of benzene rings is 1. The summed E-state index contributed by atoms with van der Waals surface area (Å²) in [5.74, 6) is 2.12. The van der Waals surface area contributed by atoms with E-state index in [4.69, 9.17) is 9.47 Å². The van der Waals surface area contributed by atoms with Crippen molar-refractivity contribution < 1.29 is 9.47 Å². The monoisotopic (exact) mass is 440 g/mol. The highest BCUT2D eigenvalue weighted by Gasteiger charge is 2.49. The molecule has 4 nitrogen and oxygen atoms in total. The summed E-state index contributed by atoms with van der Waals surface area (Å²) in [4.78, 5) is 2.45. The van der Waals surface area contributed by atoms with Gasteiger partial charge in [-0.3, -0.25) is 4.90 Å². The summed E-state index contributed by atoms with van der Waals surface area (Å²) >= 11 is 2.36. The van der Waals surface area contributed by atoms with Gasteiger partial charge in [-0.15, -0.1) is 0 Å². The maximum atomic E-state index is 9.89. The first-order chi connectivity index (χ1) is 11.6. The number of hydrogen-bond donors (Lipinski definition) is 0. The highest BCUT2D eigenvalue weighted by Crippen LogP contribution is 2.45. The van der Waals surface area contributed by atoms with Crippen LogP contribution >= 0.6 is 22.6 Å². The van der Waals surface area contributed by atoms with Crippen LogP contribution in [0.25, 0.3) is 0 Å². The molecule has 0 N–H and O–H groups in total. The minimum atomic E-state index is -0.208. The second-order valence-corrected chi connectivity index (χ2v) is 7.97. The van der Waals surface area contributed by atoms with Gasteiger partial charge in [0.05, 0.1) is 20.3 Å². The Hall–Kier alpha value is -1.00. The Balaban J connectivity index is 1.75. The van der Waals surface area contributed by atoms with Gasteiger partial charge in [0.25, 0.3) is 0 Å². The van der Waals surface area contributed by atoms with E-state index in [1.165, 1.54) is 34.8 Å². The zero-order valence-corrected chi connectivity index (χ0v) is 16.6. The summed E-state index contributed by atoms with van der Waals surface area (Å²) < 4.78 is 12.0. The average molecular weight is 440 g/mol. The Morgan fingerprint density at radius 3 is 2.71 bits per heavy atom. The van der Waals surface area contributed by atoms with Crippen LogP contribution < -0.4 is 9.47 Å². The summed E-state index contributed by atoms with van der Waals surface area (Å²) in [6.07, 6.45) is 6.85. The van der Waals surface area contributed by atoms with Crippen LogP contribution in [0.15, 0.2) is 12.1 Å². The smallest absolute Gasteiger partial charge is 0.161 e. The molecule has 1 saturated heterocycles. The van der Waals surface area contributed by atoms with Crippen molar-refractivity contribution in [3.8, 4) is 17.6 Å². The van der Waals surface area contributed by atoms with Crippen LogP contribution in [0.3, 0.4) is 0 Å². The number of methoxy groups -OCH3 is 2. The number of halogens is 1. The molecule has 1 aromatic rings. The van der Waals surface area contributed by atoms with E-state index in [1.807, 2.05) is 6.07 Å². The van der Waals surface area contributed by atoms with E-state index in [0.717, 1.165) is 37.4 Å². The van der Waals surface area contributed by atoms with Crippen LogP contribution in [-0.4, -0.2) is 37.7 Å². The lowest BCUT2D eigenvalue weighted by atomic mass is 9.74. The fraction of sp³-hybridized carbons (Fsp3) is 0.632. The molecule has 2 atom stereocenters. The lowest BCUT2D eigenvalue weighted by molar-refractivity contribution is 0.118. The molecule has 0 spiro atoms. The molecule has 0 amide bonds. The van der Waals surface area contributed by atoms with Gasteiger partial charge in [-0.25, -0.2) is 0 Å². The molecule has 0 radical (unpaired) electrons. The van der Waals surface area contributed by atoms with Gasteiger partial charge in [-0.1, -0.05) is 12.8 Å². The molecular weight excluding hydrogens is 415 g/mol. The van der Waals surface area contributed by atoms with E-state index < -0.39 is 0 Å². The molecule has 2 aliphatic rings. The third-order valence-corrected chi connectivity index (χ3v) is 6.75. The van der Waals surface area contributed by atoms with Crippen molar-refractivity contribution in [1.82, 2.24) is 4.90 Å². The number of nitriles is 1. The molecule has 130 valence electrons. The Kier molecular flexibility index (Phi) is 5.56. The zero-order valence-electron chi connectivity index (χ0n) is 14.5. The van der Waals surface area contributed by atoms with Gasteiger partial charge < -0.3 is 9.47 Å². The predicted octanol–water partition coefficient (Wildman–Crippen LogP) is 4.01. The number of fused-ring (bicyclic) bond motifs is 1. The van der Waals surface area contributed by atoms with E-state index in [2.05, 4.69) is 39.6 Å². The fourth-order valence-corrected chi connectivity index (χ4v) is 5.12. The summed E-state index contributed by atoms with van der Waals surface area (Å²) in [5.41, 5.74) is 1.06. The maximum absolute atomic E-state index is 9.89. The second kappa shape index (κ2) is 7.49. The first-order valence-electron chi connectivity index (χ1n) is 8.71. The van der Waals surface area contributed by atoms with Gasteiger partial charge in [0, 0.05) is 16.7 Å². The van der Waals surface area contributed by atoms with Gasteiger partial charge in [0.15, 0.2) is 11.5 Å². The molecule has 0 aromatic heterocycles. The summed E-state index contributed by atoms with van der Waals surface area (Å²) in [7, 11) is 3.34. The van der Waals surface area contributed by atoms with E-state index in [-0.39, 0.29) is 5.54 Å². The van der Waals surface area contributed by atoms with Crippen molar-refractivity contribution in [2.75, 3.05) is 27.3 Å². The first-order valence-corrected chi connectivity index (χ1v) is 9.79. The van der Waals surface area contributed by atoms with Crippen molar-refractivity contribution >= 4 is 22.6 Å². The lowest BCUT2D eigenvalue weighted by Gasteiger charge is -2.39. The van der Waals surface area contributed by atoms with Crippen LogP contribution in [-0.2, 0) is 6.42 Å². The molecule has 1 aliphatic carbocycles. The predicted molar refractivity (Wildman–Crippen MR) is 102 cm³/mol. The Bertz CT molecular complexity index is 643. The lowest BCUT2D eigenvalue weighted by Crippen LogP contribution is -2.49. The molecule has 1 saturated carbocycles. The number of nitrogens with zero attached hydrogens (tertiary/aromatic N) is 2. The van der Waals surface area contributed by atoms with Crippen LogP contribution in [0.4, 0.5) is 0 Å². The highest BCUT2D eigenvalue weighted by molar-refractivity contribution is 14.1. The standard InChI is InChI=1S/C19H25IN2O2/c1-23-17-11-14(16(20)12-18(17)24-2)6-9-22-10-7-15-5-3-4-8-19(15,22)13-21/h11-12,15H,3-10H2,1-2H3. The largest absolute Gasteiger partial charge is 0.493 e. The van der Waals surface area contributed by atoms with Crippen molar-refractivity contribution in [2.45, 2.75) is 44.1 Å². The van der Waals surface area contributed by atoms with Crippen LogP contribution in [0.1, 0.15) is 37.7 Å². The van der Waals surface area contributed by atoms with E-state index >= 15 is 0 Å². The molecule has 1 aliphatic heterocycles. The normalized spacial score (nSPS) is 26.7. The topological polar surface area (TPSA) is 45.5 Å². The fourth-order valence-electron chi connectivity index (χ4n) is 4.41. The van der Waals surface area contributed by atoms with Gasteiger partial charge >= 0.3 is 0 Å². The molecule has 2 fully saturated rings. The van der Waals surface area contributed by atoms with Crippen LogP contribution in [0.2, 0.25) is 0 Å². The second-order valence-electron chi connectivity index (χ2n) is 6.80. The molecule has 1 heterocycles.